The number of hydrogen-bond donors (Lipinski definition) is 1. The number of nitrogens with one attached hydrogen (secondary N) is 1. The number of aryl methyl sites for hydroxylation is 1. The highest BCUT2D eigenvalue weighted by molar-refractivity contribution is 9.10. The Morgan fingerprint density at radius 1 is 1.10 bits per heavy atom. The Morgan fingerprint density at radius 2 is 1.90 bits per heavy atom. The topological polar surface area (TPSA) is 38.1 Å². The molecule has 0 atom stereocenters. The molecule has 0 bridgehead atoms. The molecule has 2 aromatic carbocycles. The van der Waals surface area contributed by atoms with Gasteiger partial charge in [0.2, 0.25) is 5.88 Å². The lowest BCUT2D eigenvalue weighted by Crippen LogP contribution is -1.98. The van der Waals surface area contributed by atoms with Gasteiger partial charge in [-0.05, 0) is 24.6 Å². The van der Waals surface area contributed by atoms with Gasteiger partial charge in [0, 0.05) is 22.6 Å². The van der Waals surface area contributed by atoms with Crippen LogP contribution < -0.4 is 5.32 Å². The SMILES string of the molecule is Cc1cccc(CNc2cc(-c3ccc(Br)cc3)no2)c1. The van der Waals surface area contributed by atoms with Gasteiger partial charge in [0.15, 0.2) is 0 Å². The minimum Gasteiger partial charge on any atom is -0.350 e. The first-order chi connectivity index (χ1) is 10.2. The summed E-state index contributed by atoms with van der Waals surface area (Å²) in [7, 11) is 0. The van der Waals surface area contributed by atoms with Crippen molar-refractivity contribution < 1.29 is 4.52 Å². The van der Waals surface area contributed by atoms with Crippen LogP contribution in [0.25, 0.3) is 11.3 Å². The van der Waals surface area contributed by atoms with Gasteiger partial charge in [0.05, 0.1) is 0 Å². The zero-order valence-electron chi connectivity index (χ0n) is 11.6. The molecule has 0 fully saturated rings. The first-order valence-electron chi connectivity index (χ1n) is 6.73. The summed E-state index contributed by atoms with van der Waals surface area (Å²) in [6.45, 7) is 2.81. The maximum atomic E-state index is 5.33. The minimum absolute atomic E-state index is 0.675. The molecule has 1 heterocycles. The Balaban J connectivity index is 1.69. The summed E-state index contributed by atoms with van der Waals surface area (Å²) >= 11 is 3.42. The van der Waals surface area contributed by atoms with Gasteiger partial charge in [-0.3, -0.25) is 0 Å². The van der Waals surface area contributed by atoms with E-state index < -0.39 is 0 Å². The Hall–Kier alpha value is -2.07. The Kier molecular flexibility index (Phi) is 4.06. The van der Waals surface area contributed by atoms with Crippen molar-refractivity contribution in [1.29, 1.82) is 0 Å². The van der Waals surface area contributed by atoms with Crippen molar-refractivity contribution in [3.63, 3.8) is 0 Å². The van der Waals surface area contributed by atoms with Gasteiger partial charge in [-0.25, -0.2) is 0 Å². The molecule has 0 aliphatic carbocycles. The first kappa shape index (κ1) is 13.9. The fourth-order valence-electron chi connectivity index (χ4n) is 2.13. The standard InChI is InChI=1S/C17H15BrN2O/c1-12-3-2-4-13(9-12)11-19-17-10-16(20-21-17)14-5-7-15(18)8-6-14/h2-10,19H,11H2,1H3. The molecule has 0 radical (unpaired) electrons. The van der Waals surface area contributed by atoms with E-state index in [0.29, 0.717) is 5.88 Å². The van der Waals surface area contributed by atoms with E-state index in [4.69, 9.17) is 4.52 Å². The zero-order chi connectivity index (χ0) is 14.7. The van der Waals surface area contributed by atoms with Gasteiger partial charge in [0.1, 0.15) is 5.69 Å². The van der Waals surface area contributed by atoms with Crippen LogP contribution in [0, 0.1) is 6.92 Å². The largest absolute Gasteiger partial charge is 0.350 e. The predicted molar refractivity (Wildman–Crippen MR) is 88.1 cm³/mol. The third-order valence-electron chi connectivity index (χ3n) is 3.20. The summed E-state index contributed by atoms with van der Waals surface area (Å²) in [5.74, 6) is 0.675. The Labute approximate surface area is 132 Å². The molecule has 1 aromatic heterocycles. The van der Waals surface area contributed by atoms with Crippen molar-refractivity contribution in [3.05, 3.63) is 70.2 Å². The number of rotatable bonds is 4. The number of aromatic nitrogens is 1. The Bertz CT molecular complexity index is 735. The fraction of sp³-hybridized carbons (Fsp3) is 0.118. The molecule has 0 aliphatic rings. The van der Waals surface area contributed by atoms with Gasteiger partial charge in [0.25, 0.3) is 0 Å². The van der Waals surface area contributed by atoms with Gasteiger partial charge in [-0.1, -0.05) is 63.0 Å². The second-order valence-corrected chi connectivity index (χ2v) is 5.84. The van der Waals surface area contributed by atoms with Crippen molar-refractivity contribution >= 4 is 21.8 Å². The second kappa shape index (κ2) is 6.14. The van der Waals surface area contributed by atoms with Gasteiger partial charge in [-0.15, -0.1) is 0 Å². The van der Waals surface area contributed by atoms with E-state index in [9.17, 15) is 0 Å². The summed E-state index contributed by atoms with van der Waals surface area (Å²) in [5.41, 5.74) is 4.33. The van der Waals surface area contributed by atoms with Crippen molar-refractivity contribution in [2.75, 3.05) is 5.32 Å². The van der Waals surface area contributed by atoms with E-state index in [2.05, 4.69) is 57.6 Å². The molecule has 0 aliphatic heterocycles. The average molecular weight is 343 g/mol. The summed E-state index contributed by atoms with van der Waals surface area (Å²) in [4.78, 5) is 0. The van der Waals surface area contributed by atoms with Crippen LogP contribution in [0.15, 0.2) is 63.6 Å². The lowest BCUT2D eigenvalue weighted by atomic mass is 10.1. The van der Waals surface area contributed by atoms with E-state index in [1.807, 2.05) is 30.3 Å². The normalized spacial score (nSPS) is 10.6. The van der Waals surface area contributed by atoms with Crippen molar-refractivity contribution in [2.45, 2.75) is 13.5 Å². The summed E-state index contributed by atoms with van der Waals surface area (Å²) in [5, 5.41) is 7.34. The monoisotopic (exact) mass is 342 g/mol. The van der Waals surface area contributed by atoms with Crippen LogP contribution in [0.1, 0.15) is 11.1 Å². The number of benzene rings is 2. The van der Waals surface area contributed by atoms with Crippen LogP contribution in [-0.2, 0) is 6.54 Å². The maximum Gasteiger partial charge on any atom is 0.225 e. The lowest BCUT2D eigenvalue weighted by molar-refractivity contribution is 0.434. The highest BCUT2D eigenvalue weighted by Crippen LogP contribution is 2.23. The van der Waals surface area contributed by atoms with E-state index >= 15 is 0 Å². The molecule has 1 N–H and O–H groups in total. The van der Waals surface area contributed by atoms with Crippen molar-refractivity contribution in [3.8, 4) is 11.3 Å². The number of nitrogens with zero attached hydrogens (tertiary/aromatic N) is 1. The third kappa shape index (κ3) is 3.52. The smallest absolute Gasteiger partial charge is 0.225 e. The molecular weight excluding hydrogens is 328 g/mol. The fourth-order valence-corrected chi connectivity index (χ4v) is 2.39. The van der Waals surface area contributed by atoms with Crippen LogP contribution in [0.2, 0.25) is 0 Å². The van der Waals surface area contributed by atoms with Crippen LogP contribution in [0.5, 0.6) is 0 Å². The first-order valence-corrected chi connectivity index (χ1v) is 7.52. The molecule has 4 heteroatoms. The van der Waals surface area contributed by atoms with E-state index in [-0.39, 0.29) is 0 Å². The number of halogens is 1. The molecule has 0 spiro atoms. The third-order valence-corrected chi connectivity index (χ3v) is 3.73. The molecule has 3 rings (SSSR count). The second-order valence-electron chi connectivity index (χ2n) is 4.93. The molecule has 106 valence electrons. The maximum absolute atomic E-state index is 5.33. The van der Waals surface area contributed by atoms with Gasteiger partial charge in [-0.2, -0.15) is 0 Å². The van der Waals surface area contributed by atoms with Gasteiger partial charge >= 0.3 is 0 Å². The van der Waals surface area contributed by atoms with Crippen LogP contribution in [0.3, 0.4) is 0 Å². The number of hydrogen-bond acceptors (Lipinski definition) is 3. The molecule has 0 saturated heterocycles. The molecule has 0 unspecified atom stereocenters. The van der Waals surface area contributed by atoms with Crippen molar-refractivity contribution in [2.24, 2.45) is 0 Å². The summed E-state index contributed by atoms with van der Waals surface area (Å²) in [6, 6.07) is 18.3. The van der Waals surface area contributed by atoms with Crippen LogP contribution in [0.4, 0.5) is 5.88 Å². The summed E-state index contributed by atoms with van der Waals surface area (Å²) < 4.78 is 6.38. The van der Waals surface area contributed by atoms with Crippen LogP contribution >= 0.6 is 15.9 Å². The Morgan fingerprint density at radius 3 is 2.67 bits per heavy atom. The van der Waals surface area contributed by atoms with E-state index in [1.165, 1.54) is 11.1 Å². The molecule has 3 aromatic rings. The van der Waals surface area contributed by atoms with E-state index in [0.717, 1.165) is 22.3 Å². The quantitative estimate of drug-likeness (QED) is 0.722. The average Bonchev–Trinajstić information content (AvgIpc) is 2.95. The predicted octanol–water partition coefficient (Wildman–Crippen LogP) is 5.02. The highest BCUT2D eigenvalue weighted by Gasteiger charge is 2.06. The zero-order valence-corrected chi connectivity index (χ0v) is 13.2. The molecular formula is C17H15BrN2O. The summed E-state index contributed by atoms with van der Waals surface area (Å²) in [6.07, 6.45) is 0. The lowest BCUT2D eigenvalue weighted by Gasteiger charge is -2.02. The molecule has 0 amide bonds. The highest BCUT2D eigenvalue weighted by atomic mass is 79.9. The molecule has 21 heavy (non-hydrogen) atoms. The van der Waals surface area contributed by atoms with Gasteiger partial charge < -0.3 is 9.84 Å². The molecule has 3 nitrogen and oxygen atoms in total. The van der Waals surface area contributed by atoms with Crippen LogP contribution in [-0.4, -0.2) is 5.16 Å². The number of anilines is 1. The van der Waals surface area contributed by atoms with E-state index in [1.54, 1.807) is 0 Å². The minimum atomic E-state index is 0.675. The van der Waals surface area contributed by atoms with Crippen molar-refractivity contribution in [1.82, 2.24) is 5.16 Å². The molecule has 0 saturated carbocycles.